The van der Waals surface area contributed by atoms with Crippen molar-refractivity contribution in [2.75, 3.05) is 7.05 Å². The van der Waals surface area contributed by atoms with Crippen LogP contribution in [-0.4, -0.2) is 32.6 Å². The molecule has 1 amide bonds. The van der Waals surface area contributed by atoms with Crippen LogP contribution in [-0.2, 0) is 24.3 Å². The van der Waals surface area contributed by atoms with Gasteiger partial charge in [-0.15, -0.1) is 0 Å². The van der Waals surface area contributed by atoms with Crippen LogP contribution in [0, 0.1) is 19.8 Å². The van der Waals surface area contributed by atoms with Gasteiger partial charge in [-0.1, -0.05) is 19.9 Å². The van der Waals surface area contributed by atoms with Crippen molar-refractivity contribution in [1.29, 1.82) is 0 Å². The molecule has 0 aliphatic heterocycles. The maximum Gasteiger partial charge on any atom is 0.222 e. The maximum absolute atomic E-state index is 12.4. The molecular formula is C19H28N4O. The summed E-state index contributed by atoms with van der Waals surface area (Å²) in [4.78, 5) is 18.3. The number of amides is 1. The van der Waals surface area contributed by atoms with Crippen LogP contribution in [0.5, 0.6) is 0 Å². The number of hydrogen-bond acceptors (Lipinski definition) is 3. The average Bonchev–Trinajstić information content (AvgIpc) is 2.79. The normalized spacial score (nSPS) is 11.1. The standard InChI is InChI=1S/C19H28N4O/c1-14(2)12-23-16(4)18(15(3)21-23)8-9-19(24)22(5)13-17-7-6-10-20-11-17/h6-7,10-11,14H,8-9,12-13H2,1-5H3. The summed E-state index contributed by atoms with van der Waals surface area (Å²) < 4.78 is 2.07. The van der Waals surface area contributed by atoms with E-state index >= 15 is 0 Å². The zero-order valence-electron chi connectivity index (χ0n) is 15.4. The van der Waals surface area contributed by atoms with E-state index in [1.807, 2.05) is 26.1 Å². The van der Waals surface area contributed by atoms with E-state index in [1.54, 1.807) is 17.3 Å². The Balaban J connectivity index is 1.95. The fraction of sp³-hybridized carbons (Fsp3) is 0.526. The average molecular weight is 328 g/mol. The van der Waals surface area contributed by atoms with Gasteiger partial charge in [0.15, 0.2) is 0 Å². The summed E-state index contributed by atoms with van der Waals surface area (Å²) in [6.07, 6.45) is 4.79. The molecule has 2 aromatic rings. The smallest absolute Gasteiger partial charge is 0.222 e. The van der Waals surface area contributed by atoms with Gasteiger partial charge in [0.25, 0.3) is 0 Å². The predicted molar refractivity (Wildman–Crippen MR) is 95.6 cm³/mol. The number of hydrogen-bond donors (Lipinski definition) is 0. The van der Waals surface area contributed by atoms with E-state index < -0.39 is 0 Å². The van der Waals surface area contributed by atoms with Gasteiger partial charge in [-0.2, -0.15) is 5.10 Å². The molecule has 130 valence electrons. The van der Waals surface area contributed by atoms with Crippen molar-refractivity contribution < 1.29 is 4.79 Å². The summed E-state index contributed by atoms with van der Waals surface area (Å²) in [5.74, 6) is 0.706. The van der Waals surface area contributed by atoms with Gasteiger partial charge < -0.3 is 4.90 Å². The molecule has 0 N–H and O–H groups in total. The minimum atomic E-state index is 0.147. The van der Waals surface area contributed by atoms with Gasteiger partial charge >= 0.3 is 0 Å². The molecule has 0 aliphatic rings. The lowest BCUT2D eigenvalue weighted by Gasteiger charge is -2.17. The van der Waals surface area contributed by atoms with Crippen molar-refractivity contribution in [3.05, 3.63) is 47.0 Å². The Hall–Kier alpha value is -2.17. The second-order valence-corrected chi connectivity index (χ2v) is 6.84. The van der Waals surface area contributed by atoms with Crippen LogP contribution in [0.1, 0.15) is 42.8 Å². The highest BCUT2D eigenvalue weighted by Gasteiger charge is 2.15. The fourth-order valence-electron chi connectivity index (χ4n) is 2.90. The third-order valence-electron chi connectivity index (χ3n) is 4.23. The Labute approximate surface area is 144 Å². The Bertz CT molecular complexity index is 676. The molecule has 0 bridgehead atoms. The SMILES string of the molecule is Cc1nn(CC(C)C)c(C)c1CCC(=O)N(C)Cc1cccnc1. The Morgan fingerprint density at radius 3 is 2.71 bits per heavy atom. The van der Waals surface area contributed by atoms with Gasteiger partial charge in [0, 0.05) is 44.6 Å². The molecule has 0 saturated carbocycles. The molecule has 0 unspecified atom stereocenters. The number of aromatic nitrogens is 3. The van der Waals surface area contributed by atoms with E-state index in [-0.39, 0.29) is 5.91 Å². The lowest BCUT2D eigenvalue weighted by Crippen LogP contribution is -2.26. The van der Waals surface area contributed by atoms with Crippen LogP contribution >= 0.6 is 0 Å². The molecule has 0 fully saturated rings. The Kier molecular flexibility index (Phi) is 6.12. The van der Waals surface area contributed by atoms with Gasteiger partial charge in [0.05, 0.1) is 5.69 Å². The minimum Gasteiger partial charge on any atom is -0.341 e. The number of carbonyl (C=O) groups is 1. The first kappa shape index (κ1) is 18.2. The van der Waals surface area contributed by atoms with E-state index in [2.05, 4.69) is 35.5 Å². The number of carbonyl (C=O) groups excluding carboxylic acids is 1. The third-order valence-corrected chi connectivity index (χ3v) is 4.23. The second kappa shape index (κ2) is 8.08. The fourth-order valence-corrected chi connectivity index (χ4v) is 2.90. The molecule has 0 radical (unpaired) electrons. The van der Waals surface area contributed by atoms with E-state index in [9.17, 15) is 4.79 Å². The summed E-state index contributed by atoms with van der Waals surface area (Å²) in [5, 5.41) is 4.62. The van der Waals surface area contributed by atoms with Crippen molar-refractivity contribution >= 4 is 5.91 Å². The monoisotopic (exact) mass is 328 g/mol. The van der Waals surface area contributed by atoms with Gasteiger partial charge in [-0.25, -0.2) is 0 Å². The first-order valence-corrected chi connectivity index (χ1v) is 8.54. The van der Waals surface area contributed by atoms with Crippen molar-refractivity contribution in [2.24, 2.45) is 5.92 Å². The van der Waals surface area contributed by atoms with E-state index in [4.69, 9.17) is 0 Å². The maximum atomic E-state index is 12.4. The lowest BCUT2D eigenvalue weighted by atomic mass is 10.1. The number of rotatable bonds is 7. The largest absolute Gasteiger partial charge is 0.341 e. The van der Waals surface area contributed by atoms with Crippen molar-refractivity contribution in [2.45, 2.75) is 53.6 Å². The van der Waals surface area contributed by atoms with Crippen LogP contribution < -0.4 is 0 Å². The first-order valence-electron chi connectivity index (χ1n) is 8.54. The molecule has 5 nitrogen and oxygen atoms in total. The van der Waals surface area contributed by atoms with Crippen molar-refractivity contribution in [1.82, 2.24) is 19.7 Å². The minimum absolute atomic E-state index is 0.147. The van der Waals surface area contributed by atoms with Gasteiger partial charge in [0.2, 0.25) is 5.91 Å². The molecule has 24 heavy (non-hydrogen) atoms. The molecular weight excluding hydrogens is 300 g/mol. The molecule has 2 heterocycles. The predicted octanol–water partition coefficient (Wildman–Crippen LogP) is 3.14. The Morgan fingerprint density at radius 1 is 1.33 bits per heavy atom. The molecule has 0 atom stereocenters. The molecule has 0 spiro atoms. The van der Waals surface area contributed by atoms with Gasteiger partial charge in [-0.3, -0.25) is 14.5 Å². The summed E-state index contributed by atoms with van der Waals surface area (Å²) in [6.45, 7) is 10.0. The summed E-state index contributed by atoms with van der Waals surface area (Å²) >= 11 is 0. The van der Waals surface area contributed by atoms with Gasteiger partial charge in [-0.05, 0) is 43.4 Å². The quantitative estimate of drug-likeness (QED) is 0.784. The second-order valence-electron chi connectivity index (χ2n) is 6.84. The zero-order valence-corrected chi connectivity index (χ0v) is 15.4. The molecule has 2 aromatic heterocycles. The highest BCUT2D eigenvalue weighted by molar-refractivity contribution is 5.76. The molecule has 2 rings (SSSR count). The topological polar surface area (TPSA) is 51.0 Å². The van der Waals surface area contributed by atoms with E-state index in [0.29, 0.717) is 18.9 Å². The van der Waals surface area contributed by atoms with Crippen LogP contribution in [0.25, 0.3) is 0 Å². The number of nitrogens with zero attached hydrogens (tertiary/aromatic N) is 4. The lowest BCUT2D eigenvalue weighted by molar-refractivity contribution is -0.130. The van der Waals surface area contributed by atoms with Crippen molar-refractivity contribution in [3.63, 3.8) is 0 Å². The Morgan fingerprint density at radius 2 is 2.08 bits per heavy atom. The highest BCUT2D eigenvalue weighted by atomic mass is 16.2. The van der Waals surface area contributed by atoms with Gasteiger partial charge in [0.1, 0.15) is 0 Å². The summed E-state index contributed by atoms with van der Waals surface area (Å²) in [6, 6.07) is 3.88. The van der Waals surface area contributed by atoms with Crippen LogP contribution in [0.3, 0.4) is 0 Å². The highest BCUT2D eigenvalue weighted by Crippen LogP contribution is 2.17. The number of pyridine rings is 1. The molecule has 0 saturated heterocycles. The molecule has 5 heteroatoms. The van der Waals surface area contributed by atoms with Crippen LogP contribution in [0.4, 0.5) is 0 Å². The molecule has 0 aromatic carbocycles. The zero-order chi connectivity index (χ0) is 17.7. The summed E-state index contributed by atoms with van der Waals surface area (Å²) in [7, 11) is 1.84. The third kappa shape index (κ3) is 4.66. The molecule has 0 aliphatic carbocycles. The van der Waals surface area contributed by atoms with Crippen LogP contribution in [0.15, 0.2) is 24.5 Å². The van der Waals surface area contributed by atoms with E-state index in [1.165, 1.54) is 11.3 Å². The number of aryl methyl sites for hydroxylation is 1. The summed E-state index contributed by atoms with van der Waals surface area (Å²) in [5.41, 5.74) is 4.48. The first-order chi connectivity index (χ1) is 11.4. The van der Waals surface area contributed by atoms with Crippen LogP contribution in [0.2, 0.25) is 0 Å². The van der Waals surface area contributed by atoms with E-state index in [0.717, 1.165) is 24.2 Å². The van der Waals surface area contributed by atoms with Crippen molar-refractivity contribution in [3.8, 4) is 0 Å².